The van der Waals surface area contributed by atoms with Gasteiger partial charge >= 0.3 is 0 Å². The number of hydrogen-bond donors (Lipinski definition) is 0. The van der Waals surface area contributed by atoms with Crippen LogP contribution in [-0.2, 0) is 11.3 Å². The van der Waals surface area contributed by atoms with Crippen LogP contribution in [0.4, 0.5) is 0 Å². The molecule has 3 heterocycles. The van der Waals surface area contributed by atoms with Crippen LogP contribution >= 0.6 is 0 Å². The smallest absolute Gasteiger partial charge is 0.291 e. The maximum absolute atomic E-state index is 12.8. The van der Waals surface area contributed by atoms with Gasteiger partial charge < -0.3 is 14.4 Å². The summed E-state index contributed by atoms with van der Waals surface area (Å²) in [6.45, 7) is 5.40. The van der Waals surface area contributed by atoms with Crippen LogP contribution in [-0.4, -0.2) is 72.2 Å². The van der Waals surface area contributed by atoms with E-state index >= 15 is 0 Å². The summed E-state index contributed by atoms with van der Waals surface area (Å²) in [4.78, 5) is 25.2. The number of rotatable bonds is 1. The van der Waals surface area contributed by atoms with Crippen LogP contribution in [0, 0.1) is 5.41 Å². The summed E-state index contributed by atoms with van der Waals surface area (Å²) >= 11 is 0. The van der Waals surface area contributed by atoms with E-state index in [1.807, 2.05) is 11.0 Å². The molecule has 1 spiro atoms. The Kier molecular flexibility index (Phi) is 7.71. The van der Waals surface area contributed by atoms with Gasteiger partial charge in [0.2, 0.25) is 5.82 Å². The number of benzene rings is 1. The van der Waals surface area contributed by atoms with Crippen LogP contribution in [0.15, 0.2) is 42.7 Å². The molecule has 1 amide bonds. The van der Waals surface area contributed by atoms with Crippen molar-refractivity contribution in [1.29, 1.82) is 0 Å². The van der Waals surface area contributed by atoms with Gasteiger partial charge in [0.15, 0.2) is 0 Å². The topological polar surface area (TPSA) is 67.8 Å². The molecule has 0 radical (unpaired) electrons. The number of likely N-dealkylation sites (tertiary alicyclic amines) is 1. The minimum Gasteiger partial charge on any atom is -0.493 e. The normalized spacial score (nSPS) is 20.7. The van der Waals surface area contributed by atoms with Crippen molar-refractivity contribution < 1.29 is 14.3 Å². The molecule has 0 N–H and O–H groups in total. The summed E-state index contributed by atoms with van der Waals surface area (Å²) in [5.74, 6) is 1.16. The quantitative estimate of drug-likeness (QED) is 0.680. The van der Waals surface area contributed by atoms with Crippen molar-refractivity contribution in [3.63, 3.8) is 0 Å². The molecule has 4 rings (SSSR count). The third-order valence-electron chi connectivity index (χ3n) is 6.68. The highest BCUT2D eigenvalue weighted by Gasteiger charge is 2.37. The number of para-hydroxylation sites is 1. The van der Waals surface area contributed by atoms with Gasteiger partial charge in [-0.25, -0.2) is 9.97 Å². The first-order valence-corrected chi connectivity index (χ1v) is 11.7. The summed E-state index contributed by atoms with van der Waals surface area (Å²) < 4.78 is 12.3. The average molecular weight is 439 g/mol. The van der Waals surface area contributed by atoms with Crippen molar-refractivity contribution in [3.8, 4) is 5.75 Å². The van der Waals surface area contributed by atoms with Crippen molar-refractivity contribution >= 4 is 5.91 Å². The molecule has 7 nitrogen and oxygen atoms in total. The highest BCUT2D eigenvalue weighted by molar-refractivity contribution is 5.90. The maximum atomic E-state index is 12.8. The Hall–Kier alpha value is -2.51. The van der Waals surface area contributed by atoms with E-state index in [1.165, 1.54) is 5.56 Å². The fourth-order valence-electron chi connectivity index (χ4n) is 4.60. The molecular formula is C25H34N4O3. The number of hydrogen-bond acceptors (Lipinski definition) is 6. The second-order valence-electron chi connectivity index (χ2n) is 9.07. The van der Waals surface area contributed by atoms with Gasteiger partial charge in [-0.2, -0.15) is 0 Å². The second-order valence-corrected chi connectivity index (χ2v) is 9.07. The summed E-state index contributed by atoms with van der Waals surface area (Å²) in [6, 6.07) is 10.1. The lowest BCUT2D eigenvalue weighted by Crippen LogP contribution is -2.46. The zero-order valence-electron chi connectivity index (χ0n) is 19.0. The van der Waals surface area contributed by atoms with Gasteiger partial charge in [0.25, 0.3) is 5.91 Å². The molecule has 32 heavy (non-hydrogen) atoms. The maximum Gasteiger partial charge on any atom is 0.291 e. The average Bonchev–Trinajstić information content (AvgIpc) is 2.83. The van der Waals surface area contributed by atoms with Gasteiger partial charge in [-0.3, -0.25) is 9.69 Å². The Balaban J connectivity index is 1.45. The molecule has 7 heteroatoms. The fourth-order valence-corrected chi connectivity index (χ4v) is 4.60. The van der Waals surface area contributed by atoms with Gasteiger partial charge in [0, 0.05) is 56.2 Å². The number of aromatic nitrogens is 2. The van der Waals surface area contributed by atoms with Crippen molar-refractivity contribution in [2.75, 3.05) is 46.5 Å². The first-order valence-electron chi connectivity index (χ1n) is 11.7. The molecule has 172 valence electrons. The van der Waals surface area contributed by atoms with Gasteiger partial charge in [-0.05, 0) is 44.9 Å². The summed E-state index contributed by atoms with van der Waals surface area (Å²) in [6.07, 6.45) is 8.34. The molecule has 1 aromatic carbocycles. The molecule has 0 atom stereocenters. The minimum absolute atomic E-state index is 0.0669. The van der Waals surface area contributed by atoms with Crippen LogP contribution in [0.3, 0.4) is 0 Å². The van der Waals surface area contributed by atoms with Crippen LogP contribution in [0.2, 0.25) is 0 Å². The fraction of sp³-hybridized carbons (Fsp3) is 0.560. The predicted molar refractivity (Wildman–Crippen MR) is 123 cm³/mol. The minimum atomic E-state index is -0.0796. The SMILES string of the molecule is CN1CCOCCCCC2(CCN(C(=O)c3ncccn3)CC2)COc2ccccc2C1. The van der Waals surface area contributed by atoms with Gasteiger partial charge in [0.05, 0.1) is 13.2 Å². The van der Waals surface area contributed by atoms with E-state index in [0.29, 0.717) is 19.7 Å². The van der Waals surface area contributed by atoms with Crippen molar-refractivity contribution in [2.45, 2.75) is 38.6 Å². The molecular weight excluding hydrogens is 404 g/mol. The van der Waals surface area contributed by atoms with Crippen LogP contribution < -0.4 is 4.74 Å². The number of fused-ring (bicyclic) bond motifs is 1. The summed E-state index contributed by atoms with van der Waals surface area (Å²) in [5.41, 5.74) is 1.27. The number of carbonyl (C=O) groups excluding carboxylic acids is 1. The molecule has 0 bridgehead atoms. The molecule has 1 saturated heterocycles. The highest BCUT2D eigenvalue weighted by atomic mass is 16.5. The zero-order chi connectivity index (χ0) is 22.2. The number of nitrogens with zero attached hydrogens (tertiary/aromatic N) is 4. The van der Waals surface area contributed by atoms with Crippen molar-refractivity contribution in [3.05, 3.63) is 54.1 Å². The number of amides is 1. The Morgan fingerprint density at radius 2 is 1.75 bits per heavy atom. The highest BCUT2D eigenvalue weighted by Crippen LogP contribution is 2.38. The van der Waals surface area contributed by atoms with E-state index in [1.54, 1.807) is 18.5 Å². The molecule has 0 saturated carbocycles. The van der Waals surface area contributed by atoms with Gasteiger partial charge in [-0.15, -0.1) is 0 Å². The van der Waals surface area contributed by atoms with E-state index in [9.17, 15) is 4.79 Å². The summed E-state index contributed by atoms with van der Waals surface area (Å²) in [5, 5.41) is 0. The molecule has 1 fully saturated rings. The molecule has 1 aromatic heterocycles. The van der Waals surface area contributed by atoms with Gasteiger partial charge in [0.1, 0.15) is 5.75 Å². The molecule has 2 aliphatic rings. The first-order chi connectivity index (χ1) is 15.7. The lowest BCUT2D eigenvalue weighted by atomic mass is 9.75. The van der Waals surface area contributed by atoms with E-state index in [2.05, 4.69) is 40.1 Å². The lowest BCUT2D eigenvalue weighted by Gasteiger charge is -2.41. The third-order valence-corrected chi connectivity index (χ3v) is 6.68. The molecule has 0 unspecified atom stereocenters. The monoisotopic (exact) mass is 438 g/mol. The Bertz CT molecular complexity index is 869. The Morgan fingerprint density at radius 1 is 0.969 bits per heavy atom. The van der Waals surface area contributed by atoms with E-state index < -0.39 is 0 Å². The van der Waals surface area contributed by atoms with Gasteiger partial charge in [-0.1, -0.05) is 24.6 Å². The van der Waals surface area contributed by atoms with Crippen LogP contribution in [0.5, 0.6) is 5.75 Å². The third kappa shape index (κ3) is 5.84. The lowest BCUT2D eigenvalue weighted by molar-refractivity contribution is 0.0326. The second kappa shape index (κ2) is 10.9. The van der Waals surface area contributed by atoms with Crippen LogP contribution in [0.25, 0.3) is 0 Å². The van der Waals surface area contributed by atoms with Crippen molar-refractivity contribution in [1.82, 2.24) is 19.8 Å². The number of piperidine rings is 1. The van der Waals surface area contributed by atoms with E-state index in [4.69, 9.17) is 9.47 Å². The van der Waals surface area contributed by atoms with E-state index in [0.717, 1.165) is 64.2 Å². The van der Waals surface area contributed by atoms with Crippen molar-refractivity contribution in [2.24, 2.45) is 5.41 Å². The summed E-state index contributed by atoms with van der Waals surface area (Å²) in [7, 11) is 2.12. The standard InChI is InChI=1S/C25H34N4O3/c1-28-16-18-31-17-5-4-9-25(20-32-22-8-3-2-7-21(22)19-28)10-14-29(15-11-25)24(30)23-26-12-6-13-27-23/h2-3,6-8,12-13H,4-5,9-11,14-20H2,1H3. The molecule has 2 aliphatic heterocycles. The zero-order valence-corrected chi connectivity index (χ0v) is 19.0. The first kappa shape index (κ1) is 22.7. The number of carbonyl (C=O) groups is 1. The Labute approximate surface area is 190 Å². The van der Waals surface area contributed by atoms with Crippen LogP contribution in [0.1, 0.15) is 48.3 Å². The molecule has 2 aromatic rings. The number of ether oxygens (including phenoxy) is 2. The predicted octanol–water partition coefficient (Wildman–Crippen LogP) is 3.41. The largest absolute Gasteiger partial charge is 0.493 e. The number of likely N-dealkylation sites (N-methyl/N-ethyl adjacent to an activating group) is 1. The Morgan fingerprint density at radius 3 is 2.56 bits per heavy atom. The van der Waals surface area contributed by atoms with E-state index in [-0.39, 0.29) is 17.1 Å². The molecule has 0 aliphatic carbocycles.